The number of nitrogens with two attached hydrogens (primary N) is 1. The standard InChI is InChI=1S/C11H14ClNO/c12-10-3-1-8(2-4-10)11(7-13)5-9(11)6-14/h1-4,9,14H,5-7,13H2/t9-,11+/m1/s1. The van der Waals surface area contributed by atoms with E-state index in [4.69, 9.17) is 22.4 Å². The summed E-state index contributed by atoms with van der Waals surface area (Å²) in [5, 5.41) is 9.85. The van der Waals surface area contributed by atoms with Crippen LogP contribution in [-0.2, 0) is 5.41 Å². The third kappa shape index (κ3) is 1.44. The molecule has 1 aliphatic rings. The fourth-order valence-corrected chi connectivity index (χ4v) is 2.25. The van der Waals surface area contributed by atoms with Crippen molar-refractivity contribution in [2.24, 2.45) is 11.7 Å². The van der Waals surface area contributed by atoms with Crippen LogP contribution in [0.15, 0.2) is 24.3 Å². The first kappa shape index (κ1) is 9.97. The molecular weight excluding hydrogens is 198 g/mol. The zero-order valence-corrected chi connectivity index (χ0v) is 8.67. The third-order valence-corrected chi connectivity index (χ3v) is 3.49. The lowest BCUT2D eigenvalue weighted by atomic mass is 9.93. The van der Waals surface area contributed by atoms with Crippen molar-refractivity contribution in [1.82, 2.24) is 0 Å². The van der Waals surface area contributed by atoms with E-state index in [0.717, 1.165) is 11.4 Å². The average Bonchev–Trinajstić information content (AvgIpc) is 2.94. The highest BCUT2D eigenvalue weighted by atomic mass is 35.5. The second-order valence-electron chi connectivity index (χ2n) is 3.95. The first-order valence-electron chi connectivity index (χ1n) is 4.80. The molecule has 0 unspecified atom stereocenters. The summed E-state index contributed by atoms with van der Waals surface area (Å²) in [6, 6.07) is 7.76. The Balaban J connectivity index is 2.26. The smallest absolute Gasteiger partial charge is 0.0468 e. The van der Waals surface area contributed by atoms with E-state index in [0.29, 0.717) is 12.5 Å². The summed E-state index contributed by atoms with van der Waals surface area (Å²) in [6.45, 7) is 0.819. The fraction of sp³-hybridized carbons (Fsp3) is 0.455. The number of hydrogen-bond acceptors (Lipinski definition) is 2. The number of hydrogen-bond donors (Lipinski definition) is 2. The van der Waals surface area contributed by atoms with E-state index in [1.807, 2.05) is 24.3 Å². The highest BCUT2D eigenvalue weighted by Gasteiger charge is 2.53. The van der Waals surface area contributed by atoms with Crippen LogP contribution in [0.3, 0.4) is 0 Å². The van der Waals surface area contributed by atoms with Crippen LogP contribution in [0.4, 0.5) is 0 Å². The Bertz CT molecular complexity index is 325. The van der Waals surface area contributed by atoms with Crippen molar-refractivity contribution in [1.29, 1.82) is 0 Å². The largest absolute Gasteiger partial charge is 0.396 e. The SMILES string of the molecule is NC[C@]1(c2ccc(Cl)cc2)C[C@@H]1CO. The Morgan fingerprint density at radius 3 is 2.50 bits per heavy atom. The normalized spacial score (nSPS) is 30.4. The second-order valence-corrected chi connectivity index (χ2v) is 4.39. The van der Waals surface area contributed by atoms with Crippen LogP contribution in [0, 0.1) is 5.92 Å². The molecule has 2 atom stereocenters. The highest BCUT2D eigenvalue weighted by Crippen LogP contribution is 2.53. The maximum absolute atomic E-state index is 9.11. The quantitative estimate of drug-likeness (QED) is 0.797. The van der Waals surface area contributed by atoms with E-state index in [1.165, 1.54) is 5.56 Å². The lowest BCUT2D eigenvalue weighted by Gasteiger charge is -2.14. The van der Waals surface area contributed by atoms with Crippen molar-refractivity contribution >= 4 is 11.6 Å². The van der Waals surface area contributed by atoms with Gasteiger partial charge in [0.25, 0.3) is 0 Å². The van der Waals surface area contributed by atoms with E-state index in [-0.39, 0.29) is 12.0 Å². The molecular formula is C11H14ClNO. The van der Waals surface area contributed by atoms with Crippen molar-refractivity contribution in [3.8, 4) is 0 Å². The molecule has 1 saturated carbocycles. The van der Waals surface area contributed by atoms with Gasteiger partial charge in [-0.15, -0.1) is 0 Å². The molecule has 0 saturated heterocycles. The Kier molecular flexibility index (Phi) is 2.52. The Morgan fingerprint density at radius 1 is 1.43 bits per heavy atom. The van der Waals surface area contributed by atoms with Gasteiger partial charge < -0.3 is 10.8 Å². The molecule has 3 heteroatoms. The van der Waals surface area contributed by atoms with Gasteiger partial charge in [-0.25, -0.2) is 0 Å². The lowest BCUT2D eigenvalue weighted by Crippen LogP contribution is -2.23. The highest BCUT2D eigenvalue weighted by molar-refractivity contribution is 6.30. The molecule has 14 heavy (non-hydrogen) atoms. The zero-order valence-electron chi connectivity index (χ0n) is 7.91. The van der Waals surface area contributed by atoms with Crippen LogP contribution in [0.1, 0.15) is 12.0 Å². The number of aliphatic hydroxyl groups excluding tert-OH is 1. The van der Waals surface area contributed by atoms with Crippen LogP contribution in [0.25, 0.3) is 0 Å². The average molecular weight is 212 g/mol. The lowest BCUT2D eigenvalue weighted by molar-refractivity contribution is 0.264. The molecule has 0 radical (unpaired) electrons. The Labute approximate surface area is 88.7 Å². The summed E-state index contributed by atoms with van der Waals surface area (Å²) < 4.78 is 0. The number of halogens is 1. The molecule has 0 aliphatic heterocycles. The summed E-state index contributed by atoms with van der Waals surface area (Å²) >= 11 is 5.81. The second kappa shape index (κ2) is 3.54. The molecule has 0 aromatic heterocycles. The Hall–Kier alpha value is -0.570. The predicted octanol–water partition coefficient (Wildman–Crippen LogP) is 1.55. The van der Waals surface area contributed by atoms with E-state index in [2.05, 4.69) is 0 Å². The van der Waals surface area contributed by atoms with Gasteiger partial charge in [0.15, 0.2) is 0 Å². The molecule has 1 aliphatic carbocycles. The van der Waals surface area contributed by atoms with Gasteiger partial charge in [-0.2, -0.15) is 0 Å². The van der Waals surface area contributed by atoms with Crippen LogP contribution < -0.4 is 5.73 Å². The van der Waals surface area contributed by atoms with Crippen molar-refractivity contribution < 1.29 is 5.11 Å². The van der Waals surface area contributed by atoms with Gasteiger partial charge in [-0.3, -0.25) is 0 Å². The van der Waals surface area contributed by atoms with Crippen molar-refractivity contribution in [3.63, 3.8) is 0 Å². The molecule has 1 fully saturated rings. The molecule has 0 bridgehead atoms. The molecule has 0 heterocycles. The monoisotopic (exact) mass is 211 g/mol. The van der Waals surface area contributed by atoms with E-state index >= 15 is 0 Å². The molecule has 1 aromatic carbocycles. The van der Waals surface area contributed by atoms with Crippen LogP contribution in [0.2, 0.25) is 5.02 Å². The molecule has 2 rings (SSSR count). The Morgan fingerprint density at radius 2 is 2.07 bits per heavy atom. The molecule has 1 aromatic rings. The predicted molar refractivity (Wildman–Crippen MR) is 57.4 cm³/mol. The number of benzene rings is 1. The maximum Gasteiger partial charge on any atom is 0.0468 e. The zero-order chi connectivity index (χ0) is 10.2. The number of rotatable bonds is 3. The van der Waals surface area contributed by atoms with Gasteiger partial charge in [0.05, 0.1) is 0 Å². The molecule has 76 valence electrons. The summed E-state index contributed by atoms with van der Waals surface area (Å²) in [4.78, 5) is 0. The first-order chi connectivity index (χ1) is 6.73. The van der Waals surface area contributed by atoms with Gasteiger partial charge in [0, 0.05) is 23.6 Å². The van der Waals surface area contributed by atoms with Gasteiger partial charge in [0.1, 0.15) is 0 Å². The van der Waals surface area contributed by atoms with Crippen LogP contribution in [-0.4, -0.2) is 18.3 Å². The minimum Gasteiger partial charge on any atom is -0.396 e. The summed E-state index contributed by atoms with van der Waals surface area (Å²) in [7, 11) is 0. The van der Waals surface area contributed by atoms with Gasteiger partial charge in [0.2, 0.25) is 0 Å². The maximum atomic E-state index is 9.11. The van der Waals surface area contributed by atoms with E-state index in [1.54, 1.807) is 0 Å². The molecule has 3 N–H and O–H groups in total. The van der Waals surface area contributed by atoms with Crippen LogP contribution in [0.5, 0.6) is 0 Å². The third-order valence-electron chi connectivity index (χ3n) is 3.24. The van der Waals surface area contributed by atoms with Gasteiger partial charge in [-0.05, 0) is 30.0 Å². The molecule has 0 amide bonds. The summed E-state index contributed by atoms with van der Waals surface area (Å²) in [6.07, 6.45) is 0.988. The minimum atomic E-state index is 0.0132. The van der Waals surface area contributed by atoms with Crippen molar-refractivity contribution in [2.75, 3.05) is 13.2 Å². The minimum absolute atomic E-state index is 0.0132. The number of aliphatic hydroxyl groups is 1. The van der Waals surface area contributed by atoms with Crippen molar-refractivity contribution in [3.05, 3.63) is 34.9 Å². The van der Waals surface area contributed by atoms with Crippen molar-refractivity contribution in [2.45, 2.75) is 11.8 Å². The fourth-order valence-electron chi connectivity index (χ4n) is 2.12. The van der Waals surface area contributed by atoms with E-state index in [9.17, 15) is 0 Å². The first-order valence-corrected chi connectivity index (χ1v) is 5.18. The molecule has 0 spiro atoms. The topological polar surface area (TPSA) is 46.2 Å². The summed E-state index contributed by atoms with van der Waals surface area (Å²) in [5.74, 6) is 0.327. The summed E-state index contributed by atoms with van der Waals surface area (Å²) in [5.41, 5.74) is 6.97. The van der Waals surface area contributed by atoms with Gasteiger partial charge >= 0.3 is 0 Å². The van der Waals surface area contributed by atoms with E-state index < -0.39 is 0 Å². The van der Waals surface area contributed by atoms with Crippen LogP contribution >= 0.6 is 11.6 Å². The van der Waals surface area contributed by atoms with Gasteiger partial charge in [-0.1, -0.05) is 23.7 Å². The molecule has 2 nitrogen and oxygen atoms in total.